The Kier molecular flexibility index (Phi) is 5.27. The lowest BCUT2D eigenvalue weighted by Gasteiger charge is -2.19. The predicted molar refractivity (Wildman–Crippen MR) is 104 cm³/mol. The number of hydrogen-bond donors (Lipinski definition) is 3. The molecule has 2 saturated heterocycles. The lowest BCUT2D eigenvalue weighted by atomic mass is 10.1. The van der Waals surface area contributed by atoms with E-state index in [-0.39, 0.29) is 24.3 Å². The van der Waals surface area contributed by atoms with Crippen LogP contribution in [0.25, 0.3) is 0 Å². The minimum Gasteiger partial charge on any atom is -0.457 e. The van der Waals surface area contributed by atoms with Crippen molar-refractivity contribution in [1.29, 1.82) is 0 Å². The molecule has 0 spiro atoms. The van der Waals surface area contributed by atoms with E-state index in [1.165, 1.54) is 0 Å². The second-order valence-corrected chi connectivity index (χ2v) is 7.17. The van der Waals surface area contributed by atoms with Crippen molar-refractivity contribution in [1.82, 2.24) is 10.6 Å². The van der Waals surface area contributed by atoms with Crippen LogP contribution in [0.5, 0.6) is 11.5 Å². The summed E-state index contributed by atoms with van der Waals surface area (Å²) in [5.41, 5.74) is 0.775. The van der Waals surface area contributed by atoms with Gasteiger partial charge in [0.1, 0.15) is 11.5 Å². The van der Waals surface area contributed by atoms with Gasteiger partial charge in [0.25, 0.3) is 0 Å². The van der Waals surface area contributed by atoms with Crippen molar-refractivity contribution in [3.63, 3.8) is 0 Å². The Labute approximate surface area is 163 Å². The summed E-state index contributed by atoms with van der Waals surface area (Å²) in [6, 6.07) is 16.2. The summed E-state index contributed by atoms with van der Waals surface area (Å²) in [5.74, 6) is 1.25. The highest BCUT2D eigenvalue weighted by atomic mass is 16.5. The molecule has 0 radical (unpaired) electrons. The largest absolute Gasteiger partial charge is 0.457 e. The van der Waals surface area contributed by atoms with Gasteiger partial charge in [0.05, 0.1) is 18.2 Å². The van der Waals surface area contributed by atoms with E-state index in [0.29, 0.717) is 25.3 Å². The summed E-state index contributed by atoms with van der Waals surface area (Å²) >= 11 is 0. The van der Waals surface area contributed by atoms with Crippen LogP contribution >= 0.6 is 0 Å². The Balaban J connectivity index is 1.35. The van der Waals surface area contributed by atoms with Crippen molar-refractivity contribution in [2.24, 2.45) is 0 Å². The van der Waals surface area contributed by atoms with Crippen molar-refractivity contribution in [2.75, 3.05) is 18.0 Å². The predicted octanol–water partition coefficient (Wildman–Crippen LogP) is 1.42. The molecular weight excluding hydrogens is 358 g/mol. The Bertz CT molecular complexity index is 840. The van der Waals surface area contributed by atoms with E-state index in [0.717, 1.165) is 11.4 Å². The molecule has 0 saturated carbocycles. The van der Waals surface area contributed by atoms with E-state index in [1.54, 1.807) is 4.90 Å². The Morgan fingerprint density at radius 1 is 1.11 bits per heavy atom. The Hall–Kier alpha value is -2.90. The number of rotatable bonds is 5. The van der Waals surface area contributed by atoms with Crippen LogP contribution in [-0.2, 0) is 9.59 Å². The smallest absolute Gasteiger partial charge is 0.237 e. The Morgan fingerprint density at radius 2 is 1.82 bits per heavy atom. The molecule has 3 atom stereocenters. The zero-order valence-corrected chi connectivity index (χ0v) is 15.4. The summed E-state index contributed by atoms with van der Waals surface area (Å²) in [5, 5.41) is 15.4. The SMILES string of the molecule is O=C(NC1CC(=O)N(c2ccc(Oc3ccccc3)cc2)C1)C1CC(O)CN1. The van der Waals surface area contributed by atoms with E-state index < -0.39 is 12.1 Å². The molecule has 2 aromatic carbocycles. The molecule has 2 aliphatic rings. The van der Waals surface area contributed by atoms with Gasteiger partial charge in [-0.1, -0.05) is 18.2 Å². The molecule has 3 N–H and O–H groups in total. The second-order valence-electron chi connectivity index (χ2n) is 7.17. The maximum Gasteiger partial charge on any atom is 0.237 e. The number of hydrogen-bond acceptors (Lipinski definition) is 5. The van der Waals surface area contributed by atoms with E-state index in [9.17, 15) is 14.7 Å². The first-order valence-electron chi connectivity index (χ1n) is 9.43. The van der Waals surface area contributed by atoms with E-state index in [1.807, 2.05) is 54.6 Å². The van der Waals surface area contributed by atoms with Crippen LogP contribution in [-0.4, -0.2) is 48.2 Å². The van der Waals surface area contributed by atoms with Crippen molar-refractivity contribution in [3.05, 3.63) is 54.6 Å². The molecule has 2 heterocycles. The monoisotopic (exact) mass is 381 g/mol. The quantitative estimate of drug-likeness (QED) is 0.729. The molecule has 7 heteroatoms. The van der Waals surface area contributed by atoms with Crippen LogP contribution in [0.2, 0.25) is 0 Å². The third-order valence-corrected chi connectivity index (χ3v) is 5.02. The molecular formula is C21H23N3O4. The minimum atomic E-state index is -0.492. The topological polar surface area (TPSA) is 90.9 Å². The number of aliphatic hydroxyl groups is 1. The van der Waals surface area contributed by atoms with Gasteiger partial charge in [-0.15, -0.1) is 0 Å². The first-order valence-corrected chi connectivity index (χ1v) is 9.43. The maximum absolute atomic E-state index is 12.4. The molecule has 0 aliphatic carbocycles. The number of ether oxygens (including phenoxy) is 1. The van der Waals surface area contributed by atoms with E-state index in [2.05, 4.69) is 10.6 Å². The van der Waals surface area contributed by atoms with Crippen LogP contribution in [0.1, 0.15) is 12.8 Å². The normalized spacial score (nSPS) is 24.4. The molecule has 146 valence electrons. The number of nitrogens with zero attached hydrogens (tertiary/aromatic N) is 1. The fourth-order valence-corrected chi connectivity index (χ4v) is 3.59. The number of amides is 2. The van der Waals surface area contributed by atoms with Gasteiger partial charge >= 0.3 is 0 Å². The number of carbonyl (C=O) groups excluding carboxylic acids is 2. The van der Waals surface area contributed by atoms with Gasteiger partial charge in [0.15, 0.2) is 0 Å². The molecule has 0 aromatic heterocycles. The van der Waals surface area contributed by atoms with Crippen molar-refractivity contribution < 1.29 is 19.4 Å². The number of para-hydroxylation sites is 1. The highest BCUT2D eigenvalue weighted by Gasteiger charge is 2.34. The molecule has 2 amide bonds. The van der Waals surface area contributed by atoms with Gasteiger partial charge in [0.2, 0.25) is 11.8 Å². The fraction of sp³-hybridized carbons (Fsp3) is 0.333. The summed E-state index contributed by atoms with van der Waals surface area (Å²) in [6.07, 6.45) is 0.177. The molecule has 28 heavy (non-hydrogen) atoms. The highest BCUT2D eigenvalue weighted by molar-refractivity contribution is 5.97. The third-order valence-electron chi connectivity index (χ3n) is 5.02. The molecule has 2 aromatic rings. The average molecular weight is 381 g/mol. The number of aliphatic hydroxyl groups excluding tert-OH is 1. The number of β-amino-alcohol motifs (C(OH)–C–C–N with tert-alkyl or cyclic N) is 1. The standard InChI is InChI=1S/C21H23N3O4/c25-16-11-19(22-12-16)21(27)23-14-10-20(26)24(13-14)15-6-8-18(9-7-15)28-17-4-2-1-3-5-17/h1-9,14,16,19,22,25H,10-13H2,(H,23,27). The van der Waals surface area contributed by atoms with Crippen LogP contribution in [0, 0.1) is 0 Å². The highest BCUT2D eigenvalue weighted by Crippen LogP contribution is 2.27. The second kappa shape index (κ2) is 8.00. The van der Waals surface area contributed by atoms with Crippen LogP contribution in [0.3, 0.4) is 0 Å². The van der Waals surface area contributed by atoms with Crippen molar-refractivity contribution in [3.8, 4) is 11.5 Å². The van der Waals surface area contributed by atoms with Crippen molar-refractivity contribution in [2.45, 2.75) is 31.0 Å². The van der Waals surface area contributed by atoms with Gasteiger partial charge in [-0.05, 0) is 42.8 Å². The molecule has 7 nitrogen and oxygen atoms in total. The molecule has 2 aliphatic heterocycles. The average Bonchev–Trinajstić information content (AvgIpc) is 3.29. The molecule has 0 bridgehead atoms. The fourth-order valence-electron chi connectivity index (χ4n) is 3.59. The third kappa shape index (κ3) is 4.16. The lowest BCUT2D eigenvalue weighted by molar-refractivity contribution is -0.123. The number of nitrogens with one attached hydrogen (secondary N) is 2. The van der Waals surface area contributed by atoms with Gasteiger partial charge < -0.3 is 25.4 Å². The van der Waals surface area contributed by atoms with Crippen LogP contribution in [0.15, 0.2) is 54.6 Å². The number of benzene rings is 2. The minimum absolute atomic E-state index is 0.0264. The number of carbonyl (C=O) groups is 2. The lowest BCUT2D eigenvalue weighted by Crippen LogP contribution is -2.46. The van der Waals surface area contributed by atoms with E-state index >= 15 is 0 Å². The van der Waals surface area contributed by atoms with Crippen molar-refractivity contribution >= 4 is 17.5 Å². The first kappa shape index (κ1) is 18.5. The Morgan fingerprint density at radius 3 is 2.50 bits per heavy atom. The van der Waals surface area contributed by atoms with E-state index in [4.69, 9.17) is 4.74 Å². The summed E-state index contributed by atoms with van der Waals surface area (Å²) in [7, 11) is 0. The van der Waals surface area contributed by atoms with Crippen LogP contribution in [0.4, 0.5) is 5.69 Å². The molecule has 3 unspecified atom stereocenters. The summed E-state index contributed by atoms with van der Waals surface area (Å²) < 4.78 is 5.77. The van der Waals surface area contributed by atoms with Gasteiger partial charge in [-0.3, -0.25) is 9.59 Å². The summed E-state index contributed by atoms with van der Waals surface area (Å²) in [6.45, 7) is 0.851. The maximum atomic E-state index is 12.4. The van der Waals surface area contributed by atoms with Crippen LogP contribution < -0.4 is 20.3 Å². The van der Waals surface area contributed by atoms with Gasteiger partial charge in [0, 0.05) is 25.2 Å². The number of anilines is 1. The zero-order chi connectivity index (χ0) is 19.5. The first-order chi connectivity index (χ1) is 13.6. The molecule has 2 fully saturated rings. The van der Waals surface area contributed by atoms with Gasteiger partial charge in [-0.2, -0.15) is 0 Å². The van der Waals surface area contributed by atoms with Gasteiger partial charge in [-0.25, -0.2) is 0 Å². The summed E-state index contributed by atoms with van der Waals surface area (Å²) in [4.78, 5) is 26.4. The zero-order valence-electron chi connectivity index (χ0n) is 15.4. The molecule has 4 rings (SSSR count).